The van der Waals surface area contributed by atoms with Gasteiger partial charge in [0.05, 0.1) is 0 Å². The Balaban J connectivity index is 1.57. The zero-order valence-corrected chi connectivity index (χ0v) is 22.3. The summed E-state index contributed by atoms with van der Waals surface area (Å²) in [7, 11) is 5.65. The second kappa shape index (κ2) is 12.0. The average Bonchev–Trinajstić information content (AvgIpc) is 2.86. The minimum absolute atomic E-state index is 0.0814. The van der Waals surface area contributed by atoms with E-state index in [1.165, 1.54) is 5.56 Å². The monoisotopic (exact) mass is 492 g/mol. The lowest BCUT2D eigenvalue weighted by Gasteiger charge is -2.25. The van der Waals surface area contributed by atoms with Gasteiger partial charge in [0.15, 0.2) is 0 Å². The van der Waals surface area contributed by atoms with Gasteiger partial charge < -0.3 is 24.0 Å². The molecule has 0 spiro atoms. The molecule has 0 aliphatic heterocycles. The highest BCUT2D eigenvalue weighted by Gasteiger charge is 2.16. The smallest absolute Gasteiger partial charge is 0.269 e. The number of anilines is 2. The maximum absolute atomic E-state index is 6.07. The van der Waals surface area contributed by atoms with Crippen molar-refractivity contribution in [3.63, 3.8) is 0 Å². The largest absolute Gasteiger partial charge is 0.491 e. The summed E-state index contributed by atoms with van der Waals surface area (Å²) in [6.45, 7) is 7.71. The normalized spacial score (nSPS) is 12.1. The van der Waals surface area contributed by atoms with Crippen LogP contribution >= 0.6 is 12.2 Å². The Hall–Kier alpha value is -3.09. The fourth-order valence-corrected chi connectivity index (χ4v) is 3.76. The van der Waals surface area contributed by atoms with E-state index >= 15 is 0 Å². The summed E-state index contributed by atoms with van der Waals surface area (Å²) in [5, 5.41) is 0.366. The Bertz CT molecular complexity index is 1080. The Labute approximate surface area is 215 Å². The van der Waals surface area contributed by atoms with Crippen molar-refractivity contribution in [2.24, 2.45) is 0 Å². The molecule has 0 aliphatic rings. The lowest BCUT2D eigenvalue weighted by molar-refractivity contribution is 0.0636. The van der Waals surface area contributed by atoms with Crippen LogP contribution in [0.5, 0.6) is 11.5 Å². The van der Waals surface area contributed by atoms with Gasteiger partial charge in [-0.3, -0.25) is 0 Å². The van der Waals surface area contributed by atoms with E-state index in [4.69, 9.17) is 26.4 Å². The molecule has 1 unspecified atom stereocenters. The quantitative estimate of drug-likeness (QED) is 0.326. The SMILES string of the molecule is COC(COc1cccc(N(C)C(=S)Oc2ccc(C(C)(C)C)cc2)c1)CN(C)c1ccccc1. The van der Waals surface area contributed by atoms with Crippen LogP contribution in [-0.4, -0.2) is 45.6 Å². The number of benzene rings is 3. The molecule has 0 saturated heterocycles. The third-order valence-corrected chi connectivity index (χ3v) is 6.21. The second-order valence-corrected chi connectivity index (χ2v) is 9.93. The number of likely N-dealkylation sites (N-methyl/N-ethyl adjacent to an activating group) is 1. The molecule has 3 aromatic carbocycles. The molecular formula is C29H36N2O3S. The lowest BCUT2D eigenvalue weighted by Crippen LogP contribution is -2.34. The molecule has 1 atom stereocenters. The molecule has 0 aliphatic carbocycles. The van der Waals surface area contributed by atoms with Gasteiger partial charge in [-0.2, -0.15) is 0 Å². The van der Waals surface area contributed by atoms with Crippen LogP contribution in [0.15, 0.2) is 78.9 Å². The van der Waals surface area contributed by atoms with Gasteiger partial charge in [0.1, 0.15) is 24.2 Å². The van der Waals surface area contributed by atoms with Gasteiger partial charge in [-0.1, -0.05) is 57.2 Å². The van der Waals surface area contributed by atoms with Crippen LogP contribution in [0.3, 0.4) is 0 Å². The van der Waals surface area contributed by atoms with Crippen molar-refractivity contribution in [3.8, 4) is 11.5 Å². The maximum atomic E-state index is 6.07. The van der Waals surface area contributed by atoms with Crippen LogP contribution in [0.25, 0.3) is 0 Å². The number of para-hydroxylation sites is 1. The van der Waals surface area contributed by atoms with Crippen molar-refractivity contribution in [1.29, 1.82) is 0 Å². The van der Waals surface area contributed by atoms with Crippen LogP contribution in [0.1, 0.15) is 26.3 Å². The Morgan fingerprint density at radius 3 is 2.14 bits per heavy atom. The highest BCUT2D eigenvalue weighted by Crippen LogP contribution is 2.26. The van der Waals surface area contributed by atoms with Crippen LogP contribution in [0, 0.1) is 0 Å². The first-order chi connectivity index (χ1) is 16.7. The summed E-state index contributed by atoms with van der Waals surface area (Å²) < 4.78 is 17.7. The van der Waals surface area contributed by atoms with Crippen molar-refractivity contribution in [1.82, 2.24) is 0 Å². The Morgan fingerprint density at radius 2 is 1.51 bits per heavy atom. The minimum Gasteiger partial charge on any atom is -0.491 e. The molecule has 0 saturated carbocycles. The molecule has 0 bridgehead atoms. The van der Waals surface area contributed by atoms with Crippen molar-refractivity contribution in [2.75, 3.05) is 44.2 Å². The maximum Gasteiger partial charge on any atom is 0.269 e. The zero-order chi connectivity index (χ0) is 25.4. The van der Waals surface area contributed by atoms with Gasteiger partial charge in [-0.05, 0) is 59.6 Å². The molecule has 5 nitrogen and oxygen atoms in total. The molecule has 0 radical (unpaired) electrons. The molecule has 0 amide bonds. The summed E-state index contributed by atoms with van der Waals surface area (Å²) >= 11 is 5.55. The summed E-state index contributed by atoms with van der Waals surface area (Å²) in [6, 6.07) is 26.1. The predicted molar refractivity (Wildman–Crippen MR) is 149 cm³/mol. The zero-order valence-electron chi connectivity index (χ0n) is 21.5. The van der Waals surface area contributed by atoms with Crippen LogP contribution < -0.4 is 19.3 Å². The Kier molecular flexibility index (Phi) is 9.13. The minimum atomic E-state index is -0.0814. The first-order valence-electron chi connectivity index (χ1n) is 11.8. The molecule has 6 heteroatoms. The predicted octanol–water partition coefficient (Wildman–Crippen LogP) is 6.31. The third-order valence-electron chi connectivity index (χ3n) is 5.85. The number of hydrogen-bond donors (Lipinski definition) is 0. The van der Waals surface area contributed by atoms with E-state index in [9.17, 15) is 0 Å². The summed E-state index contributed by atoms with van der Waals surface area (Å²) in [4.78, 5) is 3.99. The molecule has 186 valence electrons. The van der Waals surface area contributed by atoms with E-state index in [0.29, 0.717) is 24.1 Å². The van der Waals surface area contributed by atoms with Crippen LogP contribution in [0.4, 0.5) is 11.4 Å². The van der Waals surface area contributed by atoms with Crippen molar-refractivity contribution in [3.05, 3.63) is 84.4 Å². The lowest BCUT2D eigenvalue weighted by atomic mass is 9.87. The standard InChI is InChI=1S/C29H36N2O3S/c1-29(2,3)22-15-17-25(18-16-22)34-28(35)31(5)24-13-10-14-26(19-24)33-21-27(32-6)20-30(4)23-11-8-7-9-12-23/h7-19,27H,20-21H2,1-6H3. The van der Waals surface area contributed by atoms with Gasteiger partial charge >= 0.3 is 0 Å². The van der Waals surface area contributed by atoms with Gasteiger partial charge in [-0.25, -0.2) is 0 Å². The molecule has 35 heavy (non-hydrogen) atoms. The number of methoxy groups -OCH3 is 1. The first kappa shape index (κ1) is 26.5. The van der Waals surface area contributed by atoms with Crippen molar-refractivity contribution >= 4 is 28.8 Å². The van der Waals surface area contributed by atoms with Gasteiger partial charge in [0.2, 0.25) is 0 Å². The van der Waals surface area contributed by atoms with E-state index in [2.05, 4.69) is 57.0 Å². The number of thiocarbonyl (C=S) groups is 1. The number of nitrogens with zero attached hydrogens (tertiary/aromatic N) is 2. The molecule has 0 N–H and O–H groups in total. The molecule has 3 rings (SSSR count). The number of ether oxygens (including phenoxy) is 3. The van der Waals surface area contributed by atoms with E-state index in [0.717, 1.165) is 17.1 Å². The molecule has 0 fully saturated rings. The van der Waals surface area contributed by atoms with E-state index in [1.54, 1.807) is 7.11 Å². The number of hydrogen-bond acceptors (Lipinski definition) is 5. The third kappa shape index (κ3) is 7.70. The summed E-state index contributed by atoms with van der Waals surface area (Å²) in [5.74, 6) is 1.46. The molecule has 0 aromatic heterocycles. The van der Waals surface area contributed by atoms with E-state index in [-0.39, 0.29) is 11.5 Å². The first-order valence-corrected chi connectivity index (χ1v) is 12.2. The van der Waals surface area contributed by atoms with Gasteiger partial charge in [0, 0.05) is 45.2 Å². The fourth-order valence-electron chi connectivity index (χ4n) is 3.56. The summed E-state index contributed by atoms with van der Waals surface area (Å²) in [5.41, 5.74) is 3.36. The van der Waals surface area contributed by atoms with Crippen LogP contribution in [0.2, 0.25) is 0 Å². The highest BCUT2D eigenvalue weighted by molar-refractivity contribution is 7.80. The fraction of sp³-hybridized carbons (Fsp3) is 0.345. The van der Waals surface area contributed by atoms with Crippen LogP contribution in [-0.2, 0) is 10.2 Å². The van der Waals surface area contributed by atoms with E-state index < -0.39 is 0 Å². The Morgan fingerprint density at radius 1 is 0.857 bits per heavy atom. The van der Waals surface area contributed by atoms with Crippen molar-refractivity contribution in [2.45, 2.75) is 32.3 Å². The second-order valence-electron chi connectivity index (χ2n) is 9.58. The number of rotatable bonds is 9. The van der Waals surface area contributed by atoms with E-state index in [1.807, 2.05) is 66.5 Å². The molecule has 0 heterocycles. The van der Waals surface area contributed by atoms with Crippen molar-refractivity contribution < 1.29 is 14.2 Å². The topological polar surface area (TPSA) is 34.2 Å². The average molecular weight is 493 g/mol. The molecular weight excluding hydrogens is 456 g/mol. The summed E-state index contributed by atoms with van der Waals surface area (Å²) in [6.07, 6.45) is -0.0814. The molecule has 3 aromatic rings. The van der Waals surface area contributed by atoms with Gasteiger partial charge in [0.25, 0.3) is 5.17 Å². The van der Waals surface area contributed by atoms with Gasteiger partial charge in [-0.15, -0.1) is 0 Å². The highest BCUT2D eigenvalue weighted by atomic mass is 32.1.